The normalized spacial score (nSPS) is 11.4. The standard InChI is InChI=1S/C61H40N4/c1-3-16-41(17-4-1)57-31-29-43(38-62-57)49-20-7-9-22-51(49)45-34-46(52-23-10-8-21-50(52)44-30-32-58(63-39-44)42-18-5-2-6-19-42)36-47(35-45)53-24-11-12-25-54(53)48-37-56-60-28-15-33-65(60)59-27-14-13-26-55(59)61(56)64-40-48/h1-40H. The SMILES string of the molecule is c1ccc(-c2ccc(-c3ccccc3-c3cc(-c4ccccc4-c4ccc(-c5ccccc5)nc4)cc(-c4ccccc4-c4cnc5c6ccccc6n6cccc6c5c4)c3)cn2)cc1. The summed E-state index contributed by atoms with van der Waals surface area (Å²) in [7, 11) is 0. The van der Waals surface area contributed by atoms with Gasteiger partial charge < -0.3 is 4.40 Å². The first-order chi connectivity index (χ1) is 32.2. The van der Waals surface area contributed by atoms with Crippen LogP contribution < -0.4 is 0 Å². The van der Waals surface area contributed by atoms with Gasteiger partial charge >= 0.3 is 0 Å². The van der Waals surface area contributed by atoms with Gasteiger partial charge in [-0.3, -0.25) is 15.0 Å². The predicted octanol–water partition coefficient (Wildman–Crippen LogP) is 15.8. The average molecular weight is 829 g/mol. The molecule has 0 amide bonds. The van der Waals surface area contributed by atoms with Crippen LogP contribution in [0, 0.1) is 0 Å². The molecular weight excluding hydrogens is 789 g/mol. The minimum Gasteiger partial charge on any atom is -0.316 e. The zero-order valence-corrected chi connectivity index (χ0v) is 35.4. The summed E-state index contributed by atoms with van der Waals surface area (Å²) in [6.45, 7) is 0. The molecule has 0 bridgehead atoms. The van der Waals surface area contributed by atoms with E-state index in [0.717, 1.165) is 117 Å². The van der Waals surface area contributed by atoms with Crippen molar-refractivity contribution in [1.82, 2.24) is 19.4 Å². The fraction of sp³-hybridized carbons (Fsp3) is 0. The van der Waals surface area contributed by atoms with Crippen molar-refractivity contribution in [2.75, 3.05) is 0 Å². The molecule has 12 rings (SSSR count). The topological polar surface area (TPSA) is 43.1 Å². The Kier molecular flexibility index (Phi) is 9.46. The Bertz CT molecular complexity index is 3540. The van der Waals surface area contributed by atoms with E-state index < -0.39 is 0 Å². The van der Waals surface area contributed by atoms with Crippen molar-refractivity contribution in [3.63, 3.8) is 0 Å². The maximum absolute atomic E-state index is 5.20. The highest BCUT2D eigenvalue weighted by atomic mass is 14.9. The second-order valence-electron chi connectivity index (χ2n) is 16.4. The van der Waals surface area contributed by atoms with Gasteiger partial charge in [0.2, 0.25) is 0 Å². The summed E-state index contributed by atoms with van der Waals surface area (Å²) in [5.74, 6) is 0. The lowest BCUT2D eigenvalue weighted by Gasteiger charge is -2.18. The molecule has 65 heavy (non-hydrogen) atoms. The number of benzene rings is 7. The Balaban J connectivity index is 1.04. The van der Waals surface area contributed by atoms with Crippen LogP contribution in [-0.2, 0) is 0 Å². The smallest absolute Gasteiger partial charge is 0.0816 e. The lowest BCUT2D eigenvalue weighted by Crippen LogP contribution is -1.94. The highest BCUT2D eigenvalue weighted by Gasteiger charge is 2.18. The van der Waals surface area contributed by atoms with Gasteiger partial charge in [0.05, 0.1) is 27.9 Å². The molecule has 0 aliphatic heterocycles. The minimum atomic E-state index is 0.949. The van der Waals surface area contributed by atoms with Crippen molar-refractivity contribution in [1.29, 1.82) is 0 Å². The fourth-order valence-corrected chi connectivity index (χ4v) is 9.44. The third-order valence-electron chi connectivity index (χ3n) is 12.6. The van der Waals surface area contributed by atoms with Gasteiger partial charge in [-0.1, -0.05) is 164 Å². The van der Waals surface area contributed by atoms with Gasteiger partial charge in [-0.25, -0.2) is 0 Å². The third kappa shape index (κ3) is 6.95. The summed E-state index contributed by atoms with van der Waals surface area (Å²) in [6, 6.07) is 77.6. The third-order valence-corrected chi connectivity index (χ3v) is 12.6. The molecule has 5 heterocycles. The van der Waals surface area contributed by atoms with E-state index in [1.165, 1.54) is 0 Å². The second-order valence-corrected chi connectivity index (χ2v) is 16.4. The van der Waals surface area contributed by atoms with Gasteiger partial charge in [0, 0.05) is 63.4 Å². The summed E-state index contributed by atoms with van der Waals surface area (Å²) in [5, 5.41) is 2.26. The number of rotatable bonds is 8. The quantitative estimate of drug-likeness (QED) is 0.143. The van der Waals surface area contributed by atoms with E-state index in [2.05, 4.69) is 217 Å². The van der Waals surface area contributed by atoms with E-state index in [9.17, 15) is 0 Å². The van der Waals surface area contributed by atoms with Crippen LogP contribution in [0.2, 0.25) is 0 Å². The second kappa shape index (κ2) is 16.2. The Labute approximate surface area is 377 Å². The molecule has 0 unspecified atom stereocenters. The van der Waals surface area contributed by atoms with E-state index in [4.69, 9.17) is 15.0 Å². The highest BCUT2D eigenvalue weighted by Crippen LogP contribution is 2.43. The maximum atomic E-state index is 5.20. The van der Waals surface area contributed by atoms with Crippen molar-refractivity contribution >= 4 is 27.3 Å². The largest absolute Gasteiger partial charge is 0.316 e. The molecule has 12 aromatic rings. The summed E-state index contributed by atoms with van der Waals surface area (Å²) < 4.78 is 2.27. The van der Waals surface area contributed by atoms with Gasteiger partial charge in [0.15, 0.2) is 0 Å². The first-order valence-electron chi connectivity index (χ1n) is 22.0. The van der Waals surface area contributed by atoms with E-state index in [-0.39, 0.29) is 0 Å². The van der Waals surface area contributed by atoms with E-state index in [1.54, 1.807) is 0 Å². The molecule has 0 spiro atoms. The van der Waals surface area contributed by atoms with Crippen LogP contribution in [0.3, 0.4) is 0 Å². The Morgan fingerprint density at radius 2 is 0.662 bits per heavy atom. The number of pyridine rings is 4. The van der Waals surface area contributed by atoms with Gasteiger partial charge in [-0.05, 0) is 105 Å². The molecule has 0 N–H and O–H groups in total. The predicted molar refractivity (Wildman–Crippen MR) is 269 cm³/mol. The number of nitrogens with zero attached hydrogens (tertiary/aromatic N) is 4. The van der Waals surface area contributed by atoms with Crippen LogP contribution in [-0.4, -0.2) is 19.4 Å². The Morgan fingerprint density at radius 3 is 1.15 bits per heavy atom. The van der Waals surface area contributed by atoms with Crippen molar-refractivity contribution < 1.29 is 0 Å². The first-order valence-corrected chi connectivity index (χ1v) is 22.0. The van der Waals surface area contributed by atoms with E-state index >= 15 is 0 Å². The molecule has 4 nitrogen and oxygen atoms in total. The first kappa shape index (κ1) is 38.0. The van der Waals surface area contributed by atoms with Crippen molar-refractivity contribution in [3.05, 3.63) is 243 Å². The van der Waals surface area contributed by atoms with Crippen molar-refractivity contribution in [3.8, 4) is 89.3 Å². The molecule has 0 fully saturated rings. The zero-order valence-electron chi connectivity index (χ0n) is 35.4. The van der Waals surface area contributed by atoms with Crippen molar-refractivity contribution in [2.45, 2.75) is 0 Å². The van der Waals surface area contributed by atoms with E-state index in [1.807, 2.05) is 30.7 Å². The van der Waals surface area contributed by atoms with Gasteiger partial charge in [-0.15, -0.1) is 0 Å². The molecule has 304 valence electrons. The lowest BCUT2D eigenvalue weighted by molar-refractivity contribution is 1.28. The van der Waals surface area contributed by atoms with Gasteiger partial charge in [0.1, 0.15) is 0 Å². The van der Waals surface area contributed by atoms with Gasteiger partial charge in [0.25, 0.3) is 0 Å². The van der Waals surface area contributed by atoms with E-state index in [0.29, 0.717) is 0 Å². The van der Waals surface area contributed by atoms with Crippen LogP contribution in [0.5, 0.6) is 0 Å². The minimum absolute atomic E-state index is 0.949. The molecule has 0 radical (unpaired) electrons. The number of fused-ring (bicyclic) bond motifs is 6. The summed E-state index contributed by atoms with van der Waals surface area (Å²) in [4.78, 5) is 15.1. The molecule has 7 aromatic carbocycles. The number of hydrogen-bond donors (Lipinski definition) is 0. The number of para-hydroxylation sites is 1. The zero-order chi connectivity index (χ0) is 43.1. The number of hydrogen-bond acceptors (Lipinski definition) is 3. The van der Waals surface area contributed by atoms with Crippen LogP contribution in [0.25, 0.3) is 117 Å². The Morgan fingerprint density at radius 1 is 0.262 bits per heavy atom. The van der Waals surface area contributed by atoms with Gasteiger partial charge in [-0.2, -0.15) is 0 Å². The molecule has 4 heteroatoms. The summed E-state index contributed by atoms with van der Waals surface area (Å²) in [6.07, 6.45) is 8.18. The van der Waals surface area contributed by atoms with Crippen LogP contribution in [0.1, 0.15) is 0 Å². The molecule has 0 saturated carbocycles. The monoisotopic (exact) mass is 828 g/mol. The molecule has 0 atom stereocenters. The molecule has 0 aliphatic carbocycles. The van der Waals surface area contributed by atoms with Crippen LogP contribution in [0.15, 0.2) is 243 Å². The molecule has 0 aliphatic rings. The lowest BCUT2D eigenvalue weighted by atomic mass is 9.86. The average Bonchev–Trinajstić information content (AvgIpc) is 3.90. The summed E-state index contributed by atoms with van der Waals surface area (Å²) >= 11 is 0. The number of aromatic nitrogens is 4. The highest BCUT2D eigenvalue weighted by molar-refractivity contribution is 6.11. The summed E-state index contributed by atoms with van der Waals surface area (Å²) in [5.41, 5.74) is 20.6. The molecular formula is C61H40N4. The van der Waals surface area contributed by atoms with Crippen molar-refractivity contribution in [2.24, 2.45) is 0 Å². The molecule has 0 saturated heterocycles. The Hall–Kier alpha value is -8.73. The fourth-order valence-electron chi connectivity index (χ4n) is 9.44. The molecule has 5 aromatic heterocycles. The maximum Gasteiger partial charge on any atom is 0.0816 e. The van der Waals surface area contributed by atoms with Crippen LogP contribution >= 0.6 is 0 Å². The van der Waals surface area contributed by atoms with Crippen LogP contribution in [0.4, 0.5) is 0 Å².